The fourth-order valence-electron chi connectivity index (χ4n) is 2.35. The maximum absolute atomic E-state index is 5.55. The van der Waals surface area contributed by atoms with E-state index in [0.717, 1.165) is 31.9 Å². The number of aryl methyl sites for hydroxylation is 1. The molecule has 1 aliphatic rings. The van der Waals surface area contributed by atoms with Crippen LogP contribution in [0.4, 0.5) is 0 Å². The van der Waals surface area contributed by atoms with Crippen molar-refractivity contribution in [1.82, 2.24) is 25.1 Å². The monoisotopic (exact) mass is 224 g/mol. The molecule has 1 saturated heterocycles. The van der Waals surface area contributed by atoms with Gasteiger partial charge < -0.3 is 5.73 Å². The van der Waals surface area contributed by atoms with Crippen LogP contribution >= 0.6 is 0 Å². The molecule has 0 radical (unpaired) electrons. The van der Waals surface area contributed by atoms with E-state index in [1.54, 1.807) is 7.05 Å². The van der Waals surface area contributed by atoms with Gasteiger partial charge in [0.05, 0.1) is 13.6 Å². The van der Waals surface area contributed by atoms with E-state index in [2.05, 4.69) is 20.3 Å². The summed E-state index contributed by atoms with van der Waals surface area (Å²) in [6, 6.07) is 0.660. The third-order valence-corrected chi connectivity index (χ3v) is 3.13. The van der Waals surface area contributed by atoms with Crippen molar-refractivity contribution in [2.45, 2.75) is 38.3 Å². The molecule has 2 rings (SSSR count). The maximum Gasteiger partial charge on any atom is 0.188 e. The second kappa shape index (κ2) is 5.36. The minimum atomic E-state index is 0.660. The topological polar surface area (TPSA) is 72.9 Å². The number of nitrogens with zero attached hydrogens (tertiary/aromatic N) is 5. The van der Waals surface area contributed by atoms with Gasteiger partial charge >= 0.3 is 0 Å². The molecule has 1 atom stereocenters. The van der Waals surface area contributed by atoms with Gasteiger partial charge in [0.15, 0.2) is 5.82 Å². The molecule has 0 saturated carbocycles. The van der Waals surface area contributed by atoms with Crippen LogP contribution in [0, 0.1) is 0 Å². The first-order valence-corrected chi connectivity index (χ1v) is 5.96. The lowest BCUT2D eigenvalue weighted by Gasteiger charge is -2.22. The van der Waals surface area contributed by atoms with Crippen LogP contribution in [0.1, 0.15) is 31.5 Å². The summed E-state index contributed by atoms with van der Waals surface area (Å²) in [4.78, 5) is 3.97. The fourth-order valence-corrected chi connectivity index (χ4v) is 2.35. The smallest absolute Gasteiger partial charge is 0.188 e. The van der Waals surface area contributed by atoms with Crippen molar-refractivity contribution in [3.05, 3.63) is 5.82 Å². The van der Waals surface area contributed by atoms with Crippen LogP contribution in [0.25, 0.3) is 0 Å². The zero-order valence-electron chi connectivity index (χ0n) is 9.84. The number of rotatable bonds is 5. The lowest BCUT2D eigenvalue weighted by Crippen LogP contribution is -2.29. The normalized spacial score (nSPS) is 21.8. The van der Waals surface area contributed by atoms with E-state index in [0.29, 0.717) is 6.04 Å². The van der Waals surface area contributed by atoms with Gasteiger partial charge in [-0.1, -0.05) is 0 Å². The Morgan fingerprint density at radius 1 is 1.50 bits per heavy atom. The largest absolute Gasteiger partial charge is 0.330 e. The van der Waals surface area contributed by atoms with Gasteiger partial charge in [-0.3, -0.25) is 4.90 Å². The average molecular weight is 224 g/mol. The molecular formula is C10H20N6. The highest BCUT2D eigenvalue weighted by atomic mass is 15.6. The number of tetrazole rings is 1. The minimum Gasteiger partial charge on any atom is -0.330 e. The maximum atomic E-state index is 5.55. The molecule has 0 bridgehead atoms. The third-order valence-electron chi connectivity index (χ3n) is 3.13. The van der Waals surface area contributed by atoms with Crippen LogP contribution in [0.3, 0.4) is 0 Å². The summed E-state index contributed by atoms with van der Waals surface area (Å²) >= 11 is 0. The minimum absolute atomic E-state index is 0.660. The van der Waals surface area contributed by atoms with Gasteiger partial charge in [-0.05, 0) is 44.0 Å². The number of aromatic nitrogens is 4. The Morgan fingerprint density at radius 2 is 2.38 bits per heavy atom. The van der Waals surface area contributed by atoms with Crippen LogP contribution in [0.5, 0.6) is 0 Å². The highest BCUT2D eigenvalue weighted by Crippen LogP contribution is 2.22. The molecule has 6 heteroatoms. The number of nitrogens with two attached hydrogens (primary N) is 1. The molecule has 2 N–H and O–H groups in total. The zero-order valence-corrected chi connectivity index (χ0v) is 9.84. The summed E-state index contributed by atoms with van der Waals surface area (Å²) in [6.07, 6.45) is 4.85. The quantitative estimate of drug-likeness (QED) is 0.757. The van der Waals surface area contributed by atoms with Crippen molar-refractivity contribution >= 4 is 0 Å². The van der Waals surface area contributed by atoms with Gasteiger partial charge in [-0.15, -0.1) is 10.2 Å². The molecule has 6 nitrogen and oxygen atoms in total. The first-order valence-electron chi connectivity index (χ1n) is 5.96. The van der Waals surface area contributed by atoms with Gasteiger partial charge in [0, 0.05) is 6.04 Å². The second-order valence-corrected chi connectivity index (χ2v) is 4.39. The van der Waals surface area contributed by atoms with E-state index in [-0.39, 0.29) is 0 Å². The van der Waals surface area contributed by atoms with E-state index in [1.165, 1.54) is 24.1 Å². The Morgan fingerprint density at radius 3 is 3.06 bits per heavy atom. The number of likely N-dealkylation sites (tertiary alicyclic amines) is 1. The van der Waals surface area contributed by atoms with Gasteiger partial charge in [-0.2, -0.15) is 4.80 Å². The lowest BCUT2D eigenvalue weighted by atomic mass is 10.1. The molecule has 1 aromatic heterocycles. The van der Waals surface area contributed by atoms with Gasteiger partial charge in [0.25, 0.3) is 0 Å². The van der Waals surface area contributed by atoms with Crippen molar-refractivity contribution in [2.75, 3.05) is 13.1 Å². The molecule has 90 valence electrons. The zero-order chi connectivity index (χ0) is 11.4. The van der Waals surface area contributed by atoms with Crippen LogP contribution in [-0.4, -0.2) is 44.2 Å². The summed E-state index contributed by atoms with van der Waals surface area (Å²) < 4.78 is 0. The molecule has 16 heavy (non-hydrogen) atoms. The van der Waals surface area contributed by atoms with Gasteiger partial charge in [0.1, 0.15) is 0 Å². The average Bonchev–Trinajstić information content (AvgIpc) is 2.86. The Labute approximate surface area is 95.8 Å². The SMILES string of the molecule is Cn1nnc(CN2CCCC2CCCN)n1. The summed E-state index contributed by atoms with van der Waals surface area (Å²) in [5, 5.41) is 12.1. The van der Waals surface area contributed by atoms with Crippen LogP contribution in [-0.2, 0) is 13.6 Å². The molecule has 0 aliphatic carbocycles. The predicted octanol–water partition coefficient (Wildman–Crippen LogP) is -0.0866. The first kappa shape index (κ1) is 11.5. The van der Waals surface area contributed by atoms with E-state index in [9.17, 15) is 0 Å². The molecule has 1 aromatic rings. The molecule has 0 spiro atoms. The van der Waals surface area contributed by atoms with E-state index in [4.69, 9.17) is 5.73 Å². The van der Waals surface area contributed by atoms with E-state index >= 15 is 0 Å². The molecule has 1 unspecified atom stereocenters. The van der Waals surface area contributed by atoms with Crippen LogP contribution in [0.2, 0.25) is 0 Å². The Bertz CT molecular complexity index is 323. The van der Waals surface area contributed by atoms with Crippen molar-refractivity contribution in [2.24, 2.45) is 12.8 Å². The summed E-state index contributed by atoms with van der Waals surface area (Å²) in [7, 11) is 1.80. The predicted molar refractivity (Wildman–Crippen MR) is 60.5 cm³/mol. The highest BCUT2D eigenvalue weighted by Gasteiger charge is 2.24. The molecule has 1 aliphatic heterocycles. The summed E-state index contributed by atoms with van der Waals surface area (Å²) in [5.74, 6) is 0.821. The molecule has 1 fully saturated rings. The summed E-state index contributed by atoms with van der Waals surface area (Å²) in [6.45, 7) is 2.75. The Kier molecular flexibility index (Phi) is 3.84. The van der Waals surface area contributed by atoms with Crippen molar-refractivity contribution in [3.8, 4) is 0 Å². The summed E-state index contributed by atoms with van der Waals surface area (Å²) in [5.41, 5.74) is 5.55. The Balaban J connectivity index is 1.88. The molecular weight excluding hydrogens is 204 g/mol. The van der Waals surface area contributed by atoms with Gasteiger partial charge in [-0.25, -0.2) is 0 Å². The van der Waals surface area contributed by atoms with E-state index in [1.807, 2.05) is 0 Å². The second-order valence-electron chi connectivity index (χ2n) is 4.39. The van der Waals surface area contributed by atoms with Crippen molar-refractivity contribution in [1.29, 1.82) is 0 Å². The van der Waals surface area contributed by atoms with Crippen LogP contribution < -0.4 is 5.73 Å². The molecule has 0 aromatic carbocycles. The molecule has 2 heterocycles. The number of hydrogen-bond donors (Lipinski definition) is 1. The van der Waals surface area contributed by atoms with Gasteiger partial charge in [0.2, 0.25) is 0 Å². The fraction of sp³-hybridized carbons (Fsp3) is 0.900. The van der Waals surface area contributed by atoms with Crippen molar-refractivity contribution in [3.63, 3.8) is 0 Å². The number of hydrogen-bond acceptors (Lipinski definition) is 5. The van der Waals surface area contributed by atoms with Crippen LogP contribution in [0.15, 0.2) is 0 Å². The van der Waals surface area contributed by atoms with E-state index < -0.39 is 0 Å². The molecule has 0 amide bonds. The van der Waals surface area contributed by atoms with Crippen molar-refractivity contribution < 1.29 is 0 Å². The first-order chi connectivity index (χ1) is 7.79. The standard InChI is InChI=1S/C10H20N6/c1-15-13-10(12-14-15)8-16-7-3-5-9(16)4-2-6-11/h9H,2-8,11H2,1H3. The highest BCUT2D eigenvalue weighted by molar-refractivity contribution is 4.85. The Hall–Kier alpha value is -1.01. The lowest BCUT2D eigenvalue weighted by molar-refractivity contribution is 0.226. The third kappa shape index (κ3) is 2.76.